The minimum Gasteiger partial charge on any atom is -0.476 e. The fraction of sp³-hybridized carbons (Fsp3) is 0.250. The SMILES string of the molecule is CON=C(C(=O)O)c1csc(NC(C)=O)n1. The second kappa shape index (κ2) is 5.21. The van der Waals surface area contributed by atoms with Crippen molar-refractivity contribution in [3.63, 3.8) is 0 Å². The minimum absolute atomic E-state index is 0.142. The lowest BCUT2D eigenvalue weighted by atomic mass is 10.3. The molecule has 0 fully saturated rings. The summed E-state index contributed by atoms with van der Waals surface area (Å²) in [5.41, 5.74) is -0.168. The van der Waals surface area contributed by atoms with Gasteiger partial charge in [-0.05, 0) is 0 Å². The number of aliphatic carboxylic acids is 1. The lowest BCUT2D eigenvalue weighted by Gasteiger charge is -1.96. The summed E-state index contributed by atoms with van der Waals surface area (Å²) in [6, 6.07) is 0. The zero-order chi connectivity index (χ0) is 12.1. The molecule has 0 aliphatic carbocycles. The van der Waals surface area contributed by atoms with Crippen molar-refractivity contribution in [1.82, 2.24) is 4.98 Å². The Morgan fingerprint density at radius 1 is 1.62 bits per heavy atom. The van der Waals surface area contributed by atoms with Crippen LogP contribution in [-0.4, -0.2) is 34.8 Å². The molecule has 0 spiro atoms. The number of anilines is 1. The molecule has 86 valence electrons. The Balaban J connectivity index is 2.95. The number of rotatable bonds is 4. The number of carboxylic acids is 1. The molecule has 0 aromatic carbocycles. The Kier molecular flexibility index (Phi) is 3.95. The van der Waals surface area contributed by atoms with E-state index in [1.54, 1.807) is 0 Å². The van der Waals surface area contributed by atoms with Crippen molar-refractivity contribution in [3.8, 4) is 0 Å². The van der Waals surface area contributed by atoms with Gasteiger partial charge in [-0.25, -0.2) is 9.78 Å². The molecule has 16 heavy (non-hydrogen) atoms. The molecule has 8 heteroatoms. The van der Waals surface area contributed by atoms with E-state index in [1.807, 2.05) is 0 Å². The molecule has 1 aromatic heterocycles. The van der Waals surface area contributed by atoms with Crippen LogP contribution in [0.5, 0.6) is 0 Å². The molecule has 0 saturated heterocycles. The van der Waals surface area contributed by atoms with E-state index in [0.717, 1.165) is 11.3 Å². The van der Waals surface area contributed by atoms with Gasteiger partial charge in [-0.15, -0.1) is 11.3 Å². The first-order chi connectivity index (χ1) is 7.54. The van der Waals surface area contributed by atoms with Gasteiger partial charge in [0.2, 0.25) is 11.6 Å². The molecule has 1 amide bonds. The molecule has 1 heterocycles. The van der Waals surface area contributed by atoms with E-state index in [2.05, 4.69) is 20.3 Å². The number of hydrogen-bond acceptors (Lipinski definition) is 6. The molecule has 1 aromatic rings. The van der Waals surface area contributed by atoms with E-state index in [4.69, 9.17) is 5.11 Å². The molecule has 0 radical (unpaired) electrons. The molecule has 0 aliphatic heterocycles. The standard InChI is InChI=1S/C8H9N3O4S/c1-4(12)9-8-10-5(3-16-8)6(7(13)14)11-15-2/h3H,1-2H3,(H,13,14)(H,9,10,12). The highest BCUT2D eigenvalue weighted by Crippen LogP contribution is 2.16. The molecule has 0 unspecified atom stereocenters. The number of hydrogen-bond donors (Lipinski definition) is 2. The fourth-order valence-corrected chi connectivity index (χ4v) is 1.62. The highest BCUT2D eigenvalue weighted by atomic mass is 32.1. The van der Waals surface area contributed by atoms with Gasteiger partial charge in [-0.3, -0.25) is 4.79 Å². The van der Waals surface area contributed by atoms with Gasteiger partial charge in [0.25, 0.3) is 0 Å². The van der Waals surface area contributed by atoms with Crippen LogP contribution in [-0.2, 0) is 14.4 Å². The zero-order valence-electron chi connectivity index (χ0n) is 8.55. The maximum absolute atomic E-state index is 10.8. The quantitative estimate of drug-likeness (QED) is 0.593. The normalized spacial score (nSPS) is 11.0. The van der Waals surface area contributed by atoms with Crippen molar-refractivity contribution in [3.05, 3.63) is 11.1 Å². The largest absolute Gasteiger partial charge is 0.476 e. The van der Waals surface area contributed by atoms with Gasteiger partial charge >= 0.3 is 5.97 Å². The monoisotopic (exact) mass is 243 g/mol. The number of carbonyl (C=O) groups is 2. The first kappa shape index (κ1) is 12.1. The van der Waals surface area contributed by atoms with Crippen LogP contribution < -0.4 is 5.32 Å². The van der Waals surface area contributed by atoms with E-state index >= 15 is 0 Å². The van der Waals surface area contributed by atoms with Crippen molar-refractivity contribution < 1.29 is 19.5 Å². The van der Waals surface area contributed by atoms with Crippen LogP contribution in [0.2, 0.25) is 0 Å². The van der Waals surface area contributed by atoms with Gasteiger partial charge in [-0.2, -0.15) is 0 Å². The summed E-state index contributed by atoms with van der Waals surface area (Å²) in [4.78, 5) is 29.8. The number of thiazole rings is 1. The molecule has 7 nitrogen and oxygen atoms in total. The molecular formula is C8H9N3O4S. The van der Waals surface area contributed by atoms with Crippen molar-refractivity contribution in [1.29, 1.82) is 0 Å². The maximum Gasteiger partial charge on any atom is 0.360 e. The number of carboxylic acid groups (broad SMARTS) is 1. The molecule has 0 bridgehead atoms. The lowest BCUT2D eigenvalue weighted by molar-refractivity contribution is -0.129. The van der Waals surface area contributed by atoms with Crippen LogP contribution in [0.25, 0.3) is 0 Å². The van der Waals surface area contributed by atoms with Crippen LogP contribution >= 0.6 is 11.3 Å². The van der Waals surface area contributed by atoms with Crippen LogP contribution in [0.15, 0.2) is 10.5 Å². The molecule has 2 N–H and O–H groups in total. The summed E-state index contributed by atoms with van der Waals surface area (Å²) in [6.07, 6.45) is 0. The third kappa shape index (κ3) is 3.02. The first-order valence-electron chi connectivity index (χ1n) is 4.12. The van der Waals surface area contributed by atoms with Crippen LogP contribution in [0, 0.1) is 0 Å². The molecule has 0 aliphatic rings. The van der Waals surface area contributed by atoms with Crippen LogP contribution in [0.1, 0.15) is 12.6 Å². The van der Waals surface area contributed by atoms with Gasteiger partial charge in [-0.1, -0.05) is 5.16 Å². The average molecular weight is 243 g/mol. The van der Waals surface area contributed by atoms with E-state index in [-0.39, 0.29) is 17.3 Å². The van der Waals surface area contributed by atoms with Gasteiger partial charge in [0.05, 0.1) is 0 Å². The second-order valence-electron chi connectivity index (χ2n) is 2.65. The smallest absolute Gasteiger partial charge is 0.360 e. The number of nitrogens with one attached hydrogen (secondary N) is 1. The van der Waals surface area contributed by atoms with Crippen molar-refractivity contribution >= 4 is 34.1 Å². The molecule has 0 atom stereocenters. The summed E-state index contributed by atoms with van der Waals surface area (Å²) in [5, 5.41) is 16.4. The minimum atomic E-state index is -1.25. The highest BCUT2D eigenvalue weighted by molar-refractivity contribution is 7.14. The number of oxime groups is 1. The Bertz CT molecular complexity index is 440. The van der Waals surface area contributed by atoms with Crippen molar-refractivity contribution in [2.24, 2.45) is 5.16 Å². The van der Waals surface area contributed by atoms with E-state index in [1.165, 1.54) is 19.4 Å². The number of aromatic nitrogens is 1. The fourth-order valence-electron chi connectivity index (χ4n) is 0.877. The summed E-state index contributed by atoms with van der Waals surface area (Å²) < 4.78 is 0. The van der Waals surface area contributed by atoms with E-state index in [9.17, 15) is 9.59 Å². The van der Waals surface area contributed by atoms with Gasteiger partial charge in [0.1, 0.15) is 12.8 Å². The van der Waals surface area contributed by atoms with E-state index in [0.29, 0.717) is 5.13 Å². The Hall–Kier alpha value is -1.96. The van der Waals surface area contributed by atoms with Crippen LogP contribution in [0.4, 0.5) is 5.13 Å². The topological polar surface area (TPSA) is 101 Å². The van der Waals surface area contributed by atoms with Crippen molar-refractivity contribution in [2.45, 2.75) is 6.92 Å². The Morgan fingerprint density at radius 2 is 2.31 bits per heavy atom. The van der Waals surface area contributed by atoms with E-state index < -0.39 is 5.97 Å². The predicted molar refractivity (Wildman–Crippen MR) is 57.6 cm³/mol. The summed E-state index contributed by atoms with van der Waals surface area (Å²) in [5.74, 6) is -1.53. The summed E-state index contributed by atoms with van der Waals surface area (Å²) in [6.45, 7) is 1.34. The molecule has 1 rings (SSSR count). The van der Waals surface area contributed by atoms with Gasteiger partial charge in [0.15, 0.2) is 5.13 Å². The van der Waals surface area contributed by atoms with Gasteiger partial charge < -0.3 is 15.3 Å². The summed E-state index contributed by atoms with van der Waals surface area (Å²) >= 11 is 1.11. The second-order valence-corrected chi connectivity index (χ2v) is 3.50. The third-order valence-electron chi connectivity index (χ3n) is 1.41. The summed E-state index contributed by atoms with van der Waals surface area (Å²) in [7, 11) is 1.24. The zero-order valence-corrected chi connectivity index (χ0v) is 9.37. The third-order valence-corrected chi connectivity index (χ3v) is 2.17. The first-order valence-corrected chi connectivity index (χ1v) is 5.00. The Labute approximate surface area is 94.7 Å². The highest BCUT2D eigenvalue weighted by Gasteiger charge is 2.17. The number of carbonyl (C=O) groups excluding carboxylic acids is 1. The molecule has 0 saturated carbocycles. The number of nitrogens with zero attached hydrogens (tertiary/aromatic N) is 2. The van der Waals surface area contributed by atoms with Crippen molar-refractivity contribution in [2.75, 3.05) is 12.4 Å². The Morgan fingerprint density at radius 3 is 2.81 bits per heavy atom. The number of amides is 1. The molecular weight excluding hydrogens is 234 g/mol. The van der Waals surface area contributed by atoms with Gasteiger partial charge in [0, 0.05) is 12.3 Å². The van der Waals surface area contributed by atoms with Crippen LogP contribution in [0.3, 0.4) is 0 Å². The maximum atomic E-state index is 10.8. The lowest BCUT2D eigenvalue weighted by Crippen LogP contribution is -2.15. The predicted octanol–water partition coefficient (Wildman–Crippen LogP) is 0.537. The average Bonchev–Trinajstić information content (AvgIpc) is 2.60.